The van der Waals surface area contributed by atoms with Gasteiger partial charge < -0.3 is 10.4 Å². The molecule has 0 spiro atoms. The number of hydrogen-bond acceptors (Lipinski definition) is 2. The fraction of sp³-hybridized carbons (Fsp3) is 0.385. The van der Waals surface area contributed by atoms with Gasteiger partial charge in [0.15, 0.2) is 0 Å². The summed E-state index contributed by atoms with van der Waals surface area (Å²) in [5.41, 5.74) is 0.0518. The van der Waals surface area contributed by atoms with Crippen LogP contribution in [0.2, 0.25) is 0 Å². The highest BCUT2D eigenvalue weighted by molar-refractivity contribution is 5.86. The monoisotopic (exact) mass is 251 g/mol. The van der Waals surface area contributed by atoms with Crippen molar-refractivity contribution in [2.75, 3.05) is 0 Å². The molecular weight excluding hydrogens is 237 g/mol. The number of aliphatic carboxylic acids is 1. The smallest absolute Gasteiger partial charge is 0.311 e. The quantitative estimate of drug-likeness (QED) is 0.836. The molecule has 0 heterocycles. The molecule has 0 saturated heterocycles. The van der Waals surface area contributed by atoms with E-state index < -0.39 is 17.7 Å². The molecule has 0 bridgehead atoms. The van der Waals surface area contributed by atoms with Gasteiger partial charge in [-0.05, 0) is 18.9 Å². The fourth-order valence-electron chi connectivity index (χ4n) is 1.79. The summed E-state index contributed by atoms with van der Waals surface area (Å²) in [5.74, 6) is -3.26. The van der Waals surface area contributed by atoms with Crippen molar-refractivity contribution in [2.45, 2.75) is 31.2 Å². The first-order valence-electron chi connectivity index (χ1n) is 5.84. The third-order valence-corrected chi connectivity index (χ3v) is 2.91. The Bertz CT molecular complexity index is 471. The van der Waals surface area contributed by atoms with Crippen molar-refractivity contribution in [3.05, 3.63) is 35.6 Å². The first-order chi connectivity index (χ1) is 8.58. The lowest BCUT2D eigenvalue weighted by molar-refractivity contribution is -0.141. The number of halogens is 1. The van der Waals surface area contributed by atoms with Gasteiger partial charge in [0.05, 0.1) is 5.92 Å². The summed E-state index contributed by atoms with van der Waals surface area (Å²) in [4.78, 5) is 22.7. The zero-order chi connectivity index (χ0) is 13.1. The normalized spacial score (nSPS) is 16.1. The average Bonchev–Trinajstić information content (AvgIpc) is 3.10. The van der Waals surface area contributed by atoms with E-state index in [4.69, 9.17) is 5.11 Å². The van der Waals surface area contributed by atoms with E-state index in [2.05, 4.69) is 5.32 Å². The number of carboxylic acid groups (broad SMARTS) is 1. The Labute approximate surface area is 104 Å². The van der Waals surface area contributed by atoms with Crippen LogP contribution in [-0.4, -0.2) is 23.0 Å². The minimum absolute atomic E-state index is 0.0518. The van der Waals surface area contributed by atoms with Crippen LogP contribution >= 0.6 is 0 Å². The van der Waals surface area contributed by atoms with Gasteiger partial charge >= 0.3 is 5.97 Å². The van der Waals surface area contributed by atoms with Gasteiger partial charge in [0, 0.05) is 18.0 Å². The van der Waals surface area contributed by atoms with E-state index in [9.17, 15) is 14.0 Å². The van der Waals surface area contributed by atoms with Crippen LogP contribution < -0.4 is 5.32 Å². The molecule has 0 aromatic heterocycles. The van der Waals surface area contributed by atoms with E-state index in [0.717, 1.165) is 12.8 Å². The highest BCUT2D eigenvalue weighted by Gasteiger charge is 2.29. The Morgan fingerprint density at radius 2 is 2.06 bits per heavy atom. The molecule has 2 N–H and O–H groups in total. The van der Waals surface area contributed by atoms with E-state index in [1.54, 1.807) is 6.07 Å². The Hall–Kier alpha value is -1.91. The number of rotatable bonds is 5. The molecule has 96 valence electrons. The summed E-state index contributed by atoms with van der Waals surface area (Å²) >= 11 is 0. The molecule has 1 aromatic carbocycles. The second-order valence-electron chi connectivity index (χ2n) is 4.46. The molecule has 1 aromatic rings. The number of carboxylic acids is 1. The molecule has 1 atom stereocenters. The molecule has 1 amide bonds. The minimum atomic E-state index is -1.19. The maximum absolute atomic E-state index is 13.5. The van der Waals surface area contributed by atoms with Gasteiger partial charge in [-0.15, -0.1) is 0 Å². The van der Waals surface area contributed by atoms with E-state index in [1.165, 1.54) is 18.2 Å². The first-order valence-corrected chi connectivity index (χ1v) is 5.84. The van der Waals surface area contributed by atoms with Crippen LogP contribution in [-0.2, 0) is 9.59 Å². The van der Waals surface area contributed by atoms with Crippen molar-refractivity contribution in [2.24, 2.45) is 0 Å². The number of hydrogen-bond donors (Lipinski definition) is 2. The van der Waals surface area contributed by atoms with Crippen LogP contribution in [0.1, 0.15) is 30.7 Å². The van der Waals surface area contributed by atoms with Crippen LogP contribution in [0, 0.1) is 5.82 Å². The Balaban J connectivity index is 2.10. The van der Waals surface area contributed by atoms with Crippen molar-refractivity contribution in [3.8, 4) is 0 Å². The van der Waals surface area contributed by atoms with Crippen molar-refractivity contribution >= 4 is 11.9 Å². The van der Waals surface area contributed by atoms with Crippen LogP contribution in [0.15, 0.2) is 24.3 Å². The summed E-state index contributed by atoms with van der Waals surface area (Å²) in [5, 5.41) is 11.8. The third kappa shape index (κ3) is 3.06. The fourth-order valence-corrected chi connectivity index (χ4v) is 1.79. The molecule has 5 heteroatoms. The maximum atomic E-state index is 13.5. The van der Waals surface area contributed by atoms with E-state index >= 15 is 0 Å². The molecule has 2 rings (SSSR count). The Kier molecular flexibility index (Phi) is 3.60. The van der Waals surface area contributed by atoms with Gasteiger partial charge in [-0.2, -0.15) is 0 Å². The lowest BCUT2D eigenvalue weighted by atomic mass is 9.95. The van der Waals surface area contributed by atoms with Gasteiger partial charge in [-0.1, -0.05) is 18.2 Å². The predicted molar refractivity (Wildman–Crippen MR) is 62.6 cm³/mol. The summed E-state index contributed by atoms with van der Waals surface area (Å²) in [6.45, 7) is 0. The summed E-state index contributed by atoms with van der Waals surface area (Å²) < 4.78 is 13.5. The maximum Gasteiger partial charge on any atom is 0.311 e. The van der Waals surface area contributed by atoms with Crippen LogP contribution in [0.5, 0.6) is 0 Å². The Morgan fingerprint density at radius 1 is 1.39 bits per heavy atom. The SMILES string of the molecule is O=C(CC(C(=O)O)c1ccccc1F)NC1CC1. The molecule has 1 unspecified atom stereocenters. The lowest BCUT2D eigenvalue weighted by Crippen LogP contribution is -2.29. The summed E-state index contributed by atoms with van der Waals surface area (Å²) in [7, 11) is 0. The highest BCUT2D eigenvalue weighted by Crippen LogP contribution is 2.24. The largest absolute Gasteiger partial charge is 0.481 e. The summed E-state index contributed by atoms with van der Waals surface area (Å²) in [6.07, 6.45) is 1.64. The van der Waals surface area contributed by atoms with E-state index in [1.807, 2.05) is 0 Å². The van der Waals surface area contributed by atoms with E-state index in [0.29, 0.717) is 0 Å². The molecule has 1 aliphatic rings. The summed E-state index contributed by atoms with van der Waals surface area (Å²) in [6, 6.07) is 5.82. The minimum Gasteiger partial charge on any atom is -0.481 e. The topological polar surface area (TPSA) is 66.4 Å². The Morgan fingerprint density at radius 3 is 2.61 bits per heavy atom. The van der Waals surface area contributed by atoms with Crippen molar-refractivity contribution < 1.29 is 19.1 Å². The second-order valence-corrected chi connectivity index (χ2v) is 4.46. The number of carbonyl (C=O) groups is 2. The van der Waals surface area contributed by atoms with Crippen molar-refractivity contribution in [3.63, 3.8) is 0 Å². The molecule has 18 heavy (non-hydrogen) atoms. The number of nitrogens with one attached hydrogen (secondary N) is 1. The third-order valence-electron chi connectivity index (χ3n) is 2.91. The average molecular weight is 251 g/mol. The van der Waals surface area contributed by atoms with Gasteiger partial charge in [0.2, 0.25) is 5.91 Å². The number of benzene rings is 1. The molecule has 1 aliphatic carbocycles. The molecule has 1 fully saturated rings. The predicted octanol–water partition coefficient (Wildman–Crippen LogP) is 1.66. The zero-order valence-corrected chi connectivity index (χ0v) is 9.73. The van der Waals surface area contributed by atoms with Crippen LogP contribution in [0.3, 0.4) is 0 Å². The van der Waals surface area contributed by atoms with Gasteiger partial charge in [-0.25, -0.2) is 4.39 Å². The van der Waals surface area contributed by atoms with Crippen molar-refractivity contribution in [1.82, 2.24) is 5.32 Å². The van der Waals surface area contributed by atoms with Crippen LogP contribution in [0.25, 0.3) is 0 Å². The molecule has 0 radical (unpaired) electrons. The number of carbonyl (C=O) groups excluding carboxylic acids is 1. The van der Waals surface area contributed by atoms with Gasteiger partial charge in [0.25, 0.3) is 0 Å². The van der Waals surface area contributed by atoms with Gasteiger partial charge in [-0.3, -0.25) is 9.59 Å². The first kappa shape index (κ1) is 12.5. The molecular formula is C13H14FNO3. The zero-order valence-electron chi connectivity index (χ0n) is 9.73. The molecule has 1 saturated carbocycles. The van der Waals surface area contributed by atoms with Crippen molar-refractivity contribution in [1.29, 1.82) is 0 Å². The standard InChI is InChI=1S/C13H14FNO3/c14-11-4-2-1-3-9(11)10(13(17)18)7-12(16)15-8-5-6-8/h1-4,8,10H,5-7H2,(H,15,16)(H,17,18). The van der Waals surface area contributed by atoms with E-state index in [-0.39, 0.29) is 23.9 Å². The molecule has 4 nitrogen and oxygen atoms in total. The van der Waals surface area contributed by atoms with Crippen LogP contribution in [0.4, 0.5) is 4.39 Å². The highest BCUT2D eigenvalue weighted by atomic mass is 19.1. The number of amides is 1. The van der Waals surface area contributed by atoms with Gasteiger partial charge in [0.1, 0.15) is 5.82 Å². The molecule has 0 aliphatic heterocycles. The lowest BCUT2D eigenvalue weighted by Gasteiger charge is -2.13. The second kappa shape index (κ2) is 5.16.